The number of carbonyl (C=O) groups excluding carboxylic acids is 1. The van der Waals surface area contributed by atoms with Crippen LogP contribution in [0.5, 0.6) is 0 Å². The van der Waals surface area contributed by atoms with E-state index in [4.69, 9.17) is 4.74 Å². The molecule has 0 spiro atoms. The molecule has 2 saturated heterocycles. The lowest BCUT2D eigenvalue weighted by Crippen LogP contribution is -2.56. The molecular formula is C17H30N2O2. The van der Waals surface area contributed by atoms with Crippen LogP contribution in [0.4, 0.5) is 0 Å². The molecule has 21 heavy (non-hydrogen) atoms. The van der Waals surface area contributed by atoms with Crippen LogP contribution in [0.15, 0.2) is 0 Å². The van der Waals surface area contributed by atoms with Crippen molar-refractivity contribution in [2.24, 2.45) is 11.8 Å². The van der Waals surface area contributed by atoms with Crippen molar-refractivity contribution in [3.63, 3.8) is 0 Å². The van der Waals surface area contributed by atoms with Gasteiger partial charge < -0.3 is 14.5 Å². The number of carbonyl (C=O) groups is 1. The molecule has 2 aliphatic heterocycles. The Balaban J connectivity index is 1.46. The second-order valence-corrected chi connectivity index (χ2v) is 7.46. The van der Waals surface area contributed by atoms with Crippen molar-refractivity contribution >= 4 is 5.91 Å². The summed E-state index contributed by atoms with van der Waals surface area (Å²) in [4.78, 5) is 17.0. The Labute approximate surface area is 128 Å². The van der Waals surface area contributed by atoms with Crippen LogP contribution in [0.3, 0.4) is 0 Å². The number of piperidine rings is 2. The third-order valence-electron chi connectivity index (χ3n) is 5.10. The van der Waals surface area contributed by atoms with Crippen molar-refractivity contribution in [3.05, 3.63) is 0 Å². The molecule has 1 saturated carbocycles. The van der Waals surface area contributed by atoms with Gasteiger partial charge in [-0.3, -0.25) is 4.79 Å². The highest BCUT2D eigenvalue weighted by Gasteiger charge is 2.45. The predicted octanol–water partition coefficient (Wildman–Crippen LogP) is 2.13. The number of fused-ring (bicyclic) bond motifs is 1. The van der Waals surface area contributed by atoms with E-state index >= 15 is 0 Å². The number of hydrogen-bond donors (Lipinski definition) is 0. The van der Waals surface area contributed by atoms with Crippen LogP contribution >= 0.6 is 0 Å². The summed E-state index contributed by atoms with van der Waals surface area (Å²) in [6, 6.07) is 1.12. The Kier molecular flexibility index (Phi) is 4.85. The standard InChI is InChI=1S/C17H30N2O2/c1-13(2)12-21-10-9-18-8-7-16-14(11-18)3-6-17(20)19(16)15-4-5-15/h13-16H,3-12H2,1-2H3. The maximum Gasteiger partial charge on any atom is 0.223 e. The third-order valence-corrected chi connectivity index (χ3v) is 5.10. The van der Waals surface area contributed by atoms with Crippen molar-refractivity contribution in [2.45, 2.75) is 58.0 Å². The molecule has 0 N–H and O–H groups in total. The highest BCUT2D eigenvalue weighted by Crippen LogP contribution is 2.38. The minimum atomic E-state index is 0.424. The Morgan fingerprint density at radius 2 is 2.05 bits per heavy atom. The molecule has 0 aromatic heterocycles. The van der Waals surface area contributed by atoms with E-state index in [0.717, 1.165) is 52.1 Å². The smallest absolute Gasteiger partial charge is 0.223 e. The van der Waals surface area contributed by atoms with E-state index in [1.165, 1.54) is 12.8 Å². The number of nitrogens with zero attached hydrogens (tertiary/aromatic N) is 2. The largest absolute Gasteiger partial charge is 0.380 e. The van der Waals surface area contributed by atoms with Crippen LogP contribution in [0.25, 0.3) is 0 Å². The maximum absolute atomic E-state index is 12.2. The van der Waals surface area contributed by atoms with Gasteiger partial charge in [0.15, 0.2) is 0 Å². The predicted molar refractivity (Wildman–Crippen MR) is 83.1 cm³/mol. The van der Waals surface area contributed by atoms with Gasteiger partial charge in [0, 0.05) is 44.7 Å². The van der Waals surface area contributed by atoms with Gasteiger partial charge >= 0.3 is 0 Å². The van der Waals surface area contributed by atoms with E-state index in [2.05, 4.69) is 23.6 Å². The Hall–Kier alpha value is -0.610. The summed E-state index contributed by atoms with van der Waals surface area (Å²) in [5, 5.41) is 0. The molecule has 0 bridgehead atoms. The molecule has 2 unspecified atom stereocenters. The number of amides is 1. The van der Waals surface area contributed by atoms with Gasteiger partial charge in [0.1, 0.15) is 0 Å². The van der Waals surface area contributed by atoms with E-state index in [1.54, 1.807) is 0 Å². The molecule has 0 aromatic rings. The van der Waals surface area contributed by atoms with E-state index in [-0.39, 0.29) is 0 Å². The fraction of sp³-hybridized carbons (Fsp3) is 0.941. The molecule has 1 amide bonds. The van der Waals surface area contributed by atoms with E-state index in [9.17, 15) is 4.79 Å². The summed E-state index contributed by atoms with van der Waals surface area (Å²) in [6.45, 7) is 9.43. The van der Waals surface area contributed by atoms with Gasteiger partial charge in [-0.15, -0.1) is 0 Å². The van der Waals surface area contributed by atoms with Crippen LogP contribution < -0.4 is 0 Å². The number of hydrogen-bond acceptors (Lipinski definition) is 3. The number of rotatable bonds is 6. The van der Waals surface area contributed by atoms with Gasteiger partial charge in [-0.25, -0.2) is 0 Å². The van der Waals surface area contributed by atoms with Gasteiger partial charge in [0.25, 0.3) is 0 Å². The second-order valence-electron chi connectivity index (χ2n) is 7.46. The molecule has 2 atom stereocenters. The monoisotopic (exact) mass is 294 g/mol. The van der Waals surface area contributed by atoms with Crippen LogP contribution in [0.1, 0.15) is 46.0 Å². The van der Waals surface area contributed by atoms with Crippen LogP contribution in [-0.2, 0) is 9.53 Å². The molecule has 1 aliphatic carbocycles. The van der Waals surface area contributed by atoms with E-state index < -0.39 is 0 Å². The minimum absolute atomic E-state index is 0.424. The first-order valence-corrected chi connectivity index (χ1v) is 8.76. The quantitative estimate of drug-likeness (QED) is 0.704. The molecule has 3 rings (SSSR count). The lowest BCUT2D eigenvalue weighted by atomic mass is 9.83. The van der Waals surface area contributed by atoms with Gasteiger partial charge in [-0.2, -0.15) is 0 Å². The molecule has 0 aromatic carbocycles. The molecule has 4 nitrogen and oxygen atoms in total. The van der Waals surface area contributed by atoms with Crippen molar-refractivity contribution in [2.75, 3.05) is 32.8 Å². The van der Waals surface area contributed by atoms with Crippen molar-refractivity contribution in [3.8, 4) is 0 Å². The van der Waals surface area contributed by atoms with Crippen LogP contribution in [0, 0.1) is 11.8 Å². The SMILES string of the molecule is CC(C)COCCN1CCC2C(CCC(=O)N2C2CC2)C1. The molecular weight excluding hydrogens is 264 g/mol. The molecule has 4 heteroatoms. The molecule has 2 heterocycles. The van der Waals surface area contributed by atoms with Gasteiger partial charge in [-0.05, 0) is 37.5 Å². The van der Waals surface area contributed by atoms with Crippen LogP contribution in [-0.4, -0.2) is 60.6 Å². The van der Waals surface area contributed by atoms with Gasteiger partial charge in [0.05, 0.1) is 6.61 Å². The summed E-state index contributed by atoms with van der Waals surface area (Å²) in [5.74, 6) is 1.74. The average Bonchev–Trinajstić information content (AvgIpc) is 3.28. The Morgan fingerprint density at radius 1 is 1.24 bits per heavy atom. The first-order valence-electron chi connectivity index (χ1n) is 8.76. The van der Waals surface area contributed by atoms with Gasteiger partial charge in [0.2, 0.25) is 5.91 Å². The molecule has 3 fully saturated rings. The molecule has 0 radical (unpaired) electrons. The van der Waals surface area contributed by atoms with E-state index in [1.807, 2.05) is 0 Å². The van der Waals surface area contributed by atoms with E-state index in [0.29, 0.717) is 29.8 Å². The van der Waals surface area contributed by atoms with Crippen molar-refractivity contribution < 1.29 is 9.53 Å². The zero-order chi connectivity index (χ0) is 14.8. The first-order chi connectivity index (χ1) is 10.1. The number of likely N-dealkylation sites (tertiary alicyclic amines) is 2. The fourth-order valence-corrected chi connectivity index (χ4v) is 3.91. The van der Waals surface area contributed by atoms with Gasteiger partial charge in [-0.1, -0.05) is 13.8 Å². The summed E-state index contributed by atoms with van der Waals surface area (Å²) in [6.07, 6.45) is 5.51. The highest BCUT2D eigenvalue weighted by atomic mass is 16.5. The van der Waals surface area contributed by atoms with Crippen LogP contribution in [0.2, 0.25) is 0 Å². The highest BCUT2D eigenvalue weighted by molar-refractivity contribution is 5.78. The van der Waals surface area contributed by atoms with Crippen molar-refractivity contribution in [1.29, 1.82) is 0 Å². The topological polar surface area (TPSA) is 32.8 Å². The molecule has 120 valence electrons. The fourth-order valence-electron chi connectivity index (χ4n) is 3.91. The summed E-state index contributed by atoms with van der Waals surface area (Å²) >= 11 is 0. The summed E-state index contributed by atoms with van der Waals surface area (Å²) in [5.41, 5.74) is 0. The Morgan fingerprint density at radius 3 is 2.76 bits per heavy atom. The van der Waals surface area contributed by atoms with Crippen molar-refractivity contribution in [1.82, 2.24) is 9.80 Å². The summed E-state index contributed by atoms with van der Waals surface area (Å²) < 4.78 is 5.71. The minimum Gasteiger partial charge on any atom is -0.380 e. The summed E-state index contributed by atoms with van der Waals surface area (Å²) in [7, 11) is 0. The number of ether oxygens (including phenoxy) is 1. The first kappa shape index (κ1) is 15.3. The second kappa shape index (κ2) is 6.66. The molecule has 3 aliphatic rings. The zero-order valence-electron chi connectivity index (χ0n) is 13.6. The zero-order valence-corrected chi connectivity index (χ0v) is 13.6. The normalized spacial score (nSPS) is 30.8. The maximum atomic E-state index is 12.2. The average molecular weight is 294 g/mol. The lowest BCUT2D eigenvalue weighted by Gasteiger charge is -2.47. The Bertz CT molecular complexity index is 368. The third kappa shape index (κ3) is 3.78. The lowest BCUT2D eigenvalue weighted by molar-refractivity contribution is -0.142.